The van der Waals surface area contributed by atoms with Gasteiger partial charge in [0.05, 0.1) is 5.69 Å². The molecular formula is C16H25N5. The molecule has 2 saturated heterocycles. The van der Waals surface area contributed by atoms with E-state index in [1.54, 1.807) is 6.33 Å². The van der Waals surface area contributed by atoms with Crippen molar-refractivity contribution >= 4 is 5.82 Å². The molecule has 0 spiro atoms. The minimum atomic E-state index is 0.738. The van der Waals surface area contributed by atoms with E-state index in [9.17, 15) is 0 Å². The van der Waals surface area contributed by atoms with Crippen LogP contribution in [0.2, 0.25) is 0 Å². The van der Waals surface area contributed by atoms with Crippen molar-refractivity contribution in [2.75, 3.05) is 44.2 Å². The maximum Gasteiger partial charge on any atom is 0.135 e. The lowest BCUT2D eigenvalue weighted by atomic mass is 10.1. The zero-order chi connectivity index (χ0) is 14.1. The second-order valence-electron chi connectivity index (χ2n) is 6.50. The number of hydrogen-bond acceptors (Lipinski definition) is 5. The molecule has 114 valence electrons. The van der Waals surface area contributed by atoms with Crippen LogP contribution in [0.5, 0.6) is 0 Å². The van der Waals surface area contributed by atoms with Crippen LogP contribution in [0, 0.1) is 0 Å². The van der Waals surface area contributed by atoms with Gasteiger partial charge in [0.15, 0.2) is 0 Å². The average Bonchev–Trinajstić information content (AvgIpc) is 2.73. The van der Waals surface area contributed by atoms with Gasteiger partial charge in [0, 0.05) is 44.2 Å². The standard InChI is InChI=1S/C16H25N5/c1-3-13-11-21(10-2-9-20(13)8-1)16-14-4-6-17-7-5-15(14)18-12-19-16/h12-13,17H,1-11H2/t13-/m0/s1. The molecule has 0 saturated carbocycles. The molecule has 1 atom stereocenters. The van der Waals surface area contributed by atoms with Gasteiger partial charge in [-0.1, -0.05) is 0 Å². The number of nitrogens with zero attached hydrogens (tertiary/aromatic N) is 4. The first-order valence-electron chi connectivity index (χ1n) is 8.44. The summed E-state index contributed by atoms with van der Waals surface area (Å²) in [5.41, 5.74) is 2.66. The van der Waals surface area contributed by atoms with Crippen molar-refractivity contribution < 1.29 is 0 Å². The first-order valence-corrected chi connectivity index (χ1v) is 8.44. The topological polar surface area (TPSA) is 44.3 Å². The monoisotopic (exact) mass is 287 g/mol. The van der Waals surface area contributed by atoms with Crippen LogP contribution in [-0.2, 0) is 12.8 Å². The molecule has 5 nitrogen and oxygen atoms in total. The number of hydrogen-bond donors (Lipinski definition) is 1. The second kappa shape index (κ2) is 5.89. The van der Waals surface area contributed by atoms with Crippen LogP contribution in [0.25, 0.3) is 0 Å². The lowest BCUT2D eigenvalue weighted by Crippen LogP contribution is -2.37. The van der Waals surface area contributed by atoms with Gasteiger partial charge in [-0.3, -0.25) is 4.90 Å². The van der Waals surface area contributed by atoms with Crippen LogP contribution in [0.3, 0.4) is 0 Å². The number of rotatable bonds is 1. The Morgan fingerprint density at radius 3 is 2.95 bits per heavy atom. The molecule has 0 bridgehead atoms. The normalized spacial score (nSPS) is 26.9. The molecule has 2 fully saturated rings. The number of fused-ring (bicyclic) bond motifs is 2. The summed E-state index contributed by atoms with van der Waals surface area (Å²) in [6.45, 7) is 6.94. The van der Waals surface area contributed by atoms with E-state index in [1.807, 2.05) is 0 Å². The molecule has 0 amide bonds. The van der Waals surface area contributed by atoms with E-state index in [1.165, 1.54) is 49.4 Å². The quantitative estimate of drug-likeness (QED) is 0.829. The maximum absolute atomic E-state index is 4.68. The Labute approximate surface area is 126 Å². The van der Waals surface area contributed by atoms with Crippen molar-refractivity contribution in [1.82, 2.24) is 20.2 Å². The van der Waals surface area contributed by atoms with Crippen molar-refractivity contribution in [3.8, 4) is 0 Å². The van der Waals surface area contributed by atoms with Crippen LogP contribution in [0.4, 0.5) is 5.82 Å². The van der Waals surface area contributed by atoms with Gasteiger partial charge in [0.1, 0.15) is 12.1 Å². The molecule has 0 radical (unpaired) electrons. The van der Waals surface area contributed by atoms with Crippen LogP contribution in [-0.4, -0.2) is 60.2 Å². The summed E-state index contributed by atoms with van der Waals surface area (Å²) >= 11 is 0. The lowest BCUT2D eigenvalue weighted by molar-refractivity contribution is 0.273. The van der Waals surface area contributed by atoms with Crippen LogP contribution in [0.1, 0.15) is 30.5 Å². The molecule has 3 aliphatic rings. The molecular weight excluding hydrogens is 262 g/mol. The third-order valence-electron chi connectivity index (χ3n) is 5.21. The zero-order valence-electron chi connectivity index (χ0n) is 12.7. The van der Waals surface area contributed by atoms with Gasteiger partial charge < -0.3 is 10.2 Å². The highest BCUT2D eigenvalue weighted by Crippen LogP contribution is 2.27. The molecule has 0 unspecified atom stereocenters. The van der Waals surface area contributed by atoms with Crippen molar-refractivity contribution in [2.45, 2.75) is 38.1 Å². The fourth-order valence-corrected chi connectivity index (χ4v) is 4.13. The minimum Gasteiger partial charge on any atom is -0.355 e. The fraction of sp³-hybridized carbons (Fsp3) is 0.750. The van der Waals surface area contributed by atoms with E-state index in [0.717, 1.165) is 45.1 Å². The smallest absolute Gasteiger partial charge is 0.135 e. The van der Waals surface area contributed by atoms with Gasteiger partial charge in [0.25, 0.3) is 0 Å². The van der Waals surface area contributed by atoms with E-state index in [4.69, 9.17) is 0 Å². The number of anilines is 1. The van der Waals surface area contributed by atoms with Crippen LogP contribution < -0.4 is 10.2 Å². The Kier molecular flexibility index (Phi) is 3.78. The van der Waals surface area contributed by atoms with Gasteiger partial charge in [0.2, 0.25) is 0 Å². The molecule has 4 rings (SSSR count). The van der Waals surface area contributed by atoms with E-state index in [0.29, 0.717) is 0 Å². The van der Waals surface area contributed by atoms with Crippen molar-refractivity contribution in [2.24, 2.45) is 0 Å². The zero-order valence-corrected chi connectivity index (χ0v) is 12.7. The molecule has 0 aliphatic carbocycles. The summed E-state index contributed by atoms with van der Waals surface area (Å²) in [4.78, 5) is 14.4. The molecule has 1 aromatic heterocycles. The highest BCUT2D eigenvalue weighted by atomic mass is 15.3. The first kappa shape index (κ1) is 13.5. The van der Waals surface area contributed by atoms with Gasteiger partial charge in [-0.15, -0.1) is 0 Å². The fourth-order valence-electron chi connectivity index (χ4n) is 4.13. The van der Waals surface area contributed by atoms with E-state index < -0.39 is 0 Å². The SMILES string of the molecule is c1nc2c(c(N3CCCN4CCC[C@H]4C3)n1)CCNCC2. The Morgan fingerprint density at radius 2 is 1.95 bits per heavy atom. The highest BCUT2D eigenvalue weighted by molar-refractivity contribution is 5.49. The summed E-state index contributed by atoms with van der Waals surface area (Å²) < 4.78 is 0. The van der Waals surface area contributed by atoms with Crippen LogP contribution in [0.15, 0.2) is 6.33 Å². The van der Waals surface area contributed by atoms with E-state index >= 15 is 0 Å². The third kappa shape index (κ3) is 2.64. The molecule has 3 aliphatic heterocycles. The van der Waals surface area contributed by atoms with Crippen molar-refractivity contribution in [3.63, 3.8) is 0 Å². The summed E-state index contributed by atoms with van der Waals surface area (Å²) in [6, 6.07) is 0.738. The Morgan fingerprint density at radius 1 is 1.05 bits per heavy atom. The van der Waals surface area contributed by atoms with Crippen LogP contribution >= 0.6 is 0 Å². The maximum atomic E-state index is 4.68. The summed E-state index contributed by atoms with van der Waals surface area (Å²) in [5, 5.41) is 3.48. The molecule has 4 heterocycles. The molecule has 1 aromatic rings. The summed E-state index contributed by atoms with van der Waals surface area (Å²) in [5.74, 6) is 1.22. The summed E-state index contributed by atoms with van der Waals surface area (Å²) in [6.07, 6.45) is 7.85. The van der Waals surface area contributed by atoms with Gasteiger partial charge in [-0.2, -0.15) is 0 Å². The largest absolute Gasteiger partial charge is 0.355 e. The lowest BCUT2D eigenvalue weighted by Gasteiger charge is -2.28. The van der Waals surface area contributed by atoms with Crippen molar-refractivity contribution in [3.05, 3.63) is 17.6 Å². The third-order valence-corrected chi connectivity index (χ3v) is 5.21. The average molecular weight is 287 g/mol. The van der Waals surface area contributed by atoms with Gasteiger partial charge in [-0.25, -0.2) is 9.97 Å². The van der Waals surface area contributed by atoms with E-state index in [2.05, 4.69) is 25.1 Å². The van der Waals surface area contributed by atoms with Gasteiger partial charge >= 0.3 is 0 Å². The number of aromatic nitrogens is 2. The Balaban J connectivity index is 1.63. The van der Waals surface area contributed by atoms with Crippen molar-refractivity contribution in [1.29, 1.82) is 0 Å². The predicted molar refractivity (Wildman–Crippen MR) is 83.7 cm³/mol. The Hall–Kier alpha value is -1.20. The summed E-state index contributed by atoms with van der Waals surface area (Å²) in [7, 11) is 0. The molecule has 5 heteroatoms. The minimum absolute atomic E-state index is 0.738. The first-order chi connectivity index (χ1) is 10.4. The molecule has 21 heavy (non-hydrogen) atoms. The molecule has 0 aromatic carbocycles. The second-order valence-corrected chi connectivity index (χ2v) is 6.50. The predicted octanol–water partition coefficient (Wildman–Crippen LogP) is 0.839. The van der Waals surface area contributed by atoms with Gasteiger partial charge in [-0.05, 0) is 38.8 Å². The highest BCUT2D eigenvalue weighted by Gasteiger charge is 2.30. The van der Waals surface area contributed by atoms with E-state index in [-0.39, 0.29) is 0 Å². The molecule has 1 N–H and O–H groups in total. The Bertz CT molecular complexity index is 503. The number of nitrogens with one attached hydrogen (secondary N) is 1.